The number of aromatic hydroxyl groups is 2. The van der Waals surface area contributed by atoms with Gasteiger partial charge < -0.3 is 19.7 Å². The minimum absolute atomic E-state index is 0.166. The summed E-state index contributed by atoms with van der Waals surface area (Å²) < 4.78 is 12.4. The van der Waals surface area contributed by atoms with Gasteiger partial charge in [-0.25, -0.2) is 0 Å². The smallest absolute Gasteiger partial charge is 0.306 e. The van der Waals surface area contributed by atoms with Crippen LogP contribution < -0.4 is 0 Å². The topological polar surface area (TPSA) is 99.5 Å². The number of benzene rings is 2. The standard InChI is InChI=1S/C56H90N2O6/c1-49(2,3)41-29-37(30-42(47(41)61)50(4,5)6)23-25-45(59)63-39-33-53(13,14)57(54(15,16)34-39)27-21-22-28-58-55(17,18)35-40(36-56(58,19)20)64-46(60)26-24-38-31-43(51(7,8)9)48(62)44(32-38)52(10,11)12/h21-22,29-32,39-40,61-62H,23-28,33-36H2,1-20H3. The summed E-state index contributed by atoms with van der Waals surface area (Å²) in [5, 5.41) is 22.3. The summed E-state index contributed by atoms with van der Waals surface area (Å²) >= 11 is 0. The maximum absolute atomic E-state index is 13.4. The van der Waals surface area contributed by atoms with Gasteiger partial charge in [-0.3, -0.25) is 19.4 Å². The van der Waals surface area contributed by atoms with Crippen LogP contribution in [0.25, 0.3) is 0 Å². The van der Waals surface area contributed by atoms with E-state index in [2.05, 4.69) is 185 Å². The Morgan fingerprint density at radius 3 is 0.969 bits per heavy atom. The van der Waals surface area contributed by atoms with E-state index >= 15 is 0 Å². The lowest BCUT2D eigenvalue weighted by molar-refractivity contribution is -0.161. The minimum atomic E-state index is -0.226. The van der Waals surface area contributed by atoms with E-state index in [-0.39, 0.29) is 68.0 Å². The summed E-state index contributed by atoms with van der Waals surface area (Å²) in [6.07, 6.45) is 9.02. The first-order valence-electron chi connectivity index (χ1n) is 24.2. The Bertz CT molecular complexity index is 1760. The molecule has 8 nitrogen and oxygen atoms in total. The number of piperidine rings is 2. The van der Waals surface area contributed by atoms with Gasteiger partial charge in [-0.2, -0.15) is 0 Å². The highest BCUT2D eigenvalue weighted by molar-refractivity contribution is 5.70. The fourth-order valence-electron chi connectivity index (χ4n) is 10.9. The summed E-state index contributed by atoms with van der Waals surface area (Å²) in [6.45, 7) is 45.0. The van der Waals surface area contributed by atoms with E-state index in [1.165, 1.54) is 0 Å². The van der Waals surface area contributed by atoms with E-state index in [9.17, 15) is 19.8 Å². The van der Waals surface area contributed by atoms with E-state index in [1.807, 2.05) is 0 Å². The van der Waals surface area contributed by atoms with Crippen molar-refractivity contribution in [1.82, 2.24) is 9.80 Å². The Morgan fingerprint density at radius 2 is 0.750 bits per heavy atom. The van der Waals surface area contributed by atoms with Crippen molar-refractivity contribution in [3.63, 3.8) is 0 Å². The summed E-state index contributed by atoms with van der Waals surface area (Å²) in [5.74, 6) is 0.369. The van der Waals surface area contributed by atoms with Crippen molar-refractivity contribution in [1.29, 1.82) is 0 Å². The lowest BCUT2D eigenvalue weighted by Gasteiger charge is -2.55. The molecular weight excluding hydrogens is 797 g/mol. The lowest BCUT2D eigenvalue weighted by atomic mass is 9.77. The Morgan fingerprint density at radius 1 is 0.516 bits per heavy atom. The molecule has 4 rings (SSSR count). The number of rotatable bonds is 12. The van der Waals surface area contributed by atoms with Crippen LogP contribution in [0.2, 0.25) is 0 Å². The third-order valence-corrected chi connectivity index (χ3v) is 14.0. The minimum Gasteiger partial charge on any atom is -0.507 e. The average molecular weight is 887 g/mol. The zero-order chi connectivity index (χ0) is 48.8. The van der Waals surface area contributed by atoms with Gasteiger partial charge in [-0.15, -0.1) is 0 Å². The van der Waals surface area contributed by atoms with Gasteiger partial charge in [0, 0.05) is 73.8 Å². The van der Waals surface area contributed by atoms with E-state index in [0.717, 1.165) is 72.2 Å². The van der Waals surface area contributed by atoms with Crippen molar-refractivity contribution < 1.29 is 29.3 Å². The first-order chi connectivity index (χ1) is 28.8. The molecule has 0 atom stereocenters. The Balaban J connectivity index is 1.33. The molecule has 2 N–H and O–H groups in total. The third kappa shape index (κ3) is 13.2. The van der Waals surface area contributed by atoms with E-state index in [0.29, 0.717) is 37.2 Å². The number of phenols is 2. The number of carbonyl (C=O) groups excluding carboxylic acids is 2. The van der Waals surface area contributed by atoms with Crippen LogP contribution in [0, 0.1) is 0 Å². The molecule has 360 valence electrons. The number of nitrogens with zero attached hydrogens (tertiary/aromatic N) is 2. The van der Waals surface area contributed by atoms with Crippen molar-refractivity contribution >= 4 is 11.9 Å². The SMILES string of the molecule is CC(C)(C)c1cc(CCC(=O)OC2CC(C)(C)N(CC=CCN3C(C)(C)CC(OC(=O)CCc4cc(C(C)(C)C)c(O)c(C(C)(C)C)c4)CC3(C)C)C(C)(C)C2)cc(C(C)(C)C)c1O. The molecule has 0 saturated carbocycles. The fourth-order valence-corrected chi connectivity index (χ4v) is 10.9. The Hall–Kier alpha value is -3.36. The number of hydrogen-bond donors (Lipinski definition) is 2. The van der Waals surface area contributed by atoms with E-state index in [1.54, 1.807) is 0 Å². The van der Waals surface area contributed by atoms with Crippen LogP contribution in [0.1, 0.15) is 210 Å². The second kappa shape index (κ2) is 18.7. The molecule has 8 heteroatoms. The maximum atomic E-state index is 13.4. The van der Waals surface area contributed by atoms with Gasteiger partial charge in [0.1, 0.15) is 23.7 Å². The molecule has 0 spiro atoms. The summed E-state index contributed by atoms with van der Waals surface area (Å²) in [7, 11) is 0. The molecule has 2 aliphatic heterocycles. The highest BCUT2D eigenvalue weighted by atomic mass is 16.5. The molecule has 0 aliphatic carbocycles. The number of esters is 2. The molecule has 2 aromatic rings. The van der Waals surface area contributed by atoms with Crippen molar-refractivity contribution in [3.8, 4) is 11.5 Å². The summed E-state index contributed by atoms with van der Waals surface area (Å²) in [4.78, 5) is 31.9. The van der Waals surface area contributed by atoms with E-state index < -0.39 is 0 Å². The molecule has 0 radical (unpaired) electrons. The van der Waals surface area contributed by atoms with Gasteiger partial charge in [-0.1, -0.05) is 120 Å². The van der Waals surface area contributed by atoms with Crippen molar-refractivity contribution in [2.24, 2.45) is 0 Å². The first kappa shape index (κ1) is 53.3. The zero-order valence-electron chi connectivity index (χ0n) is 44.1. The number of hydrogen-bond acceptors (Lipinski definition) is 8. The number of carbonyl (C=O) groups is 2. The van der Waals surface area contributed by atoms with Gasteiger partial charge in [0.05, 0.1) is 0 Å². The van der Waals surface area contributed by atoms with Crippen molar-refractivity contribution in [2.75, 3.05) is 13.1 Å². The second-order valence-corrected chi connectivity index (χ2v) is 26.1. The molecule has 0 unspecified atom stereocenters. The summed E-state index contributed by atoms with van der Waals surface area (Å²) in [5.41, 5.74) is 4.07. The fraction of sp³-hybridized carbons (Fsp3) is 0.714. The molecule has 0 amide bonds. The van der Waals surface area contributed by atoms with Crippen LogP contribution in [0.5, 0.6) is 11.5 Å². The molecule has 64 heavy (non-hydrogen) atoms. The van der Waals surface area contributed by atoms with Crippen LogP contribution in [0.4, 0.5) is 0 Å². The monoisotopic (exact) mass is 887 g/mol. The van der Waals surface area contributed by atoms with Gasteiger partial charge in [0.25, 0.3) is 0 Å². The van der Waals surface area contributed by atoms with Gasteiger partial charge in [0.15, 0.2) is 0 Å². The van der Waals surface area contributed by atoms with Crippen LogP contribution >= 0.6 is 0 Å². The molecule has 2 aliphatic rings. The van der Waals surface area contributed by atoms with Gasteiger partial charge >= 0.3 is 11.9 Å². The number of aryl methyl sites for hydroxylation is 2. The number of likely N-dealkylation sites (tertiary alicyclic amines) is 2. The molecule has 0 bridgehead atoms. The van der Waals surface area contributed by atoms with Gasteiger partial charge in [0.2, 0.25) is 0 Å². The first-order valence-corrected chi connectivity index (χ1v) is 24.2. The third-order valence-electron chi connectivity index (χ3n) is 14.0. The van der Waals surface area contributed by atoms with Crippen molar-refractivity contribution in [2.45, 2.75) is 246 Å². The Kier molecular flexibility index (Phi) is 15.6. The predicted molar refractivity (Wildman–Crippen MR) is 265 cm³/mol. The molecule has 0 aromatic heterocycles. The largest absolute Gasteiger partial charge is 0.507 e. The highest BCUT2D eigenvalue weighted by Crippen LogP contribution is 2.44. The van der Waals surface area contributed by atoms with Crippen molar-refractivity contribution in [3.05, 3.63) is 69.8 Å². The molecule has 2 saturated heterocycles. The second-order valence-electron chi connectivity index (χ2n) is 26.1. The molecule has 2 fully saturated rings. The van der Waals surface area contributed by atoms with Crippen LogP contribution in [-0.4, -0.2) is 79.4 Å². The molecule has 2 aromatic carbocycles. The highest BCUT2D eigenvalue weighted by Gasteiger charge is 2.47. The average Bonchev–Trinajstić information content (AvgIpc) is 3.07. The predicted octanol–water partition coefficient (Wildman–Crippen LogP) is 12.5. The van der Waals surface area contributed by atoms with Crippen LogP contribution in [0.3, 0.4) is 0 Å². The van der Waals surface area contributed by atoms with Gasteiger partial charge in [-0.05, 0) is 123 Å². The van der Waals surface area contributed by atoms with E-state index in [4.69, 9.17) is 9.47 Å². The number of ether oxygens (including phenoxy) is 2. The number of phenolic OH excluding ortho intramolecular Hbond substituents is 2. The maximum Gasteiger partial charge on any atom is 0.306 e. The Labute approximate surface area is 390 Å². The quantitative estimate of drug-likeness (QED) is 0.161. The zero-order valence-corrected chi connectivity index (χ0v) is 44.1. The lowest BCUT2D eigenvalue weighted by Crippen LogP contribution is -2.62. The molecular formula is C56H90N2O6. The normalized spacial score (nSPS) is 20.1. The molecule has 2 heterocycles. The summed E-state index contributed by atoms with van der Waals surface area (Å²) in [6, 6.07) is 8.24. The van der Waals surface area contributed by atoms with Crippen LogP contribution in [-0.2, 0) is 53.6 Å². The van der Waals surface area contributed by atoms with Crippen LogP contribution in [0.15, 0.2) is 36.4 Å².